The molecule has 4 atom stereocenters. The number of hydrogen-bond acceptors (Lipinski definition) is 3. The molecule has 144 valence electrons. The summed E-state index contributed by atoms with van der Waals surface area (Å²) in [6.07, 6.45) is 0.349. The first-order chi connectivity index (χ1) is 13.4. The van der Waals surface area contributed by atoms with E-state index in [0.717, 1.165) is 5.56 Å². The first-order valence-corrected chi connectivity index (χ1v) is 10.2. The molecule has 2 amide bonds. The van der Waals surface area contributed by atoms with Crippen LogP contribution in [-0.2, 0) is 16.0 Å². The van der Waals surface area contributed by atoms with Crippen LogP contribution in [0.1, 0.15) is 17.0 Å². The second-order valence-corrected chi connectivity index (χ2v) is 8.84. The summed E-state index contributed by atoms with van der Waals surface area (Å²) in [5.41, 5.74) is 0.798. The van der Waals surface area contributed by atoms with Gasteiger partial charge in [-0.05, 0) is 45.3 Å². The van der Waals surface area contributed by atoms with E-state index in [1.807, 2.05) is 6.07 Å². The smallest absolute Gasteiger partial charge is 0.245 e. The van der Waals surface area contributed by atoms with Crippen LogP contribution >= 0.6 is 27.5 Å². The second-order valence-electron chi connectivity index (χ2n) is 7.55. The van der Waals surface area contributed by atoms with Gasteiger partial charge in [0.2, 0.25) is 11.8 Å². The molecule has 3 aliphatic rings. The summed E-state index contributed by atoms with van der Waals surface area (Å²) in [7, 11) is 0. The van der Waals surface area contributed by atoms with Gasteiger partial charge in [0.05, 0.1) is 10.4 Å². The second kappa shape index (κ2) is 6.27. The third-order valence-electron chi connectivity index (χ3n) is 6.08. The van der Waals surface area contributed by atoms with Crippen LogP contribution in [0.15, 0.2) is 40.9 Å². The zero-order chi connectivity index (χ0) is 19.6. The average molecular weight is 465 g/mol. The highest BCUT2D eigenvalue weighted by Crippen LogP contribution is 2.50. The molecular weight excluding hydrogens is 449 g/mol. The van der Waals surface area contributed by atoms with Gasteiger partial charge in [-0.1, -0.05) is 29.8 Å². The Morgan fingerprint density at radius 1 is 1.21 bits per heavy atom. The van der Waals surface area contributed by atoms with E-state index in [2.05, 4.69) is 31.9 Å². The fraction of sp³-hybridized carbons (Fsp3) is 0.300. The highest BCUT2D eigenvalue weighted by molar-refractivity contribution is 9.10. The largest absolute Gasteiger partial charge is 0.354 e. The summed E-state index contributed by atoms with van der Waals surface area (Å²) in [6, 6.07) is 10.1. The Kier molecular flexibility index (Phi) is 4.05. The van der Waals surface area contributed by atoms with Crippen LogP contribution in [0.3, 0.4) is 0 Å². The SMILES string of the molecule is O=C1NC[C@@H]2N[C@]3(Cc4ccc(Cl)cc4NC3=O)[C@@H](c3cccc(Br)c3F)[C@H]12. The van der Waals surface area contributed by atoms with Gasteiger partial charge in [-0.25, -0.2) is 4.39 Å². The van der Waals surface area contributed by atoms with Crippen molar-refractivity contribution in [1.29, 1.82) is 0 Å². The highest BCUT2D eigenvalue weighted by Gasteiger charge is 2.63. The normalized spacial score (nSPS) is 30.8. The minimum atomic E-state index is -1.12. The maximum absolute atomic E-state index is 15.1. The average Bonchev–Trinajstić information content (AvgIpc) is 3.16. The summed E-state index contributed by atoms with van der Waals surface area (Å²) in [5, 5.41) is 9.67. The first kappa shape index (κ1) is 18.1. The molecule has 0 aliphatic carbocycles. The molecule has 5 nitrogen and oxygen atoms in total. The van der Waals surface area contributed by atoms with Gasteiger partial charge in [0, 0.05) is 35.6 Å². The molecule has 3 heterocycles. The van der Waals surface area contributed by atoms with Crippen molar-refractivity contribution in [3.8, 4) is 0 Å². The van der Waals surface area contributed by atoms with Crippen LogP contribution in [0.2, 0.25) is 5.02 Å². The van der Waals surface area contributed by atoms with Crippen molar-refractivity contribution in [2.45, 2.75) is 23.9 Å². The molecule has 8 heteroatoms. The number of carbonyl (C=O) groups excluding carboxylic acids is 2. The number of halogens is 3. The molecule has 0 saturated carbocycles. The van der Waals surface area contributed by atoms with E-state index in [4.69, 9.17) is 11.6 Å². The fourth-order valence-corrected chi connectivity index (χ4v) is 5.46. The molecule has 0 aromatic heterocycles. The van der Waals surface area contributed by atoms with Crippen LogP contribution < -0.4 is 16.0 Å². The number of carbonyl (C=O) groups is 2. The lowest BCUT2D eigenvalue weighted by Gasteiger charge is -2.40. The van der Waals surface area contributed by atoms with Gasteiger partial charge in [-0.3, -0.25) is 14.9 Å². The van der Waals surface area contributed by atoms with Gasteiger partial charge in [0.15, 0.2) is 0 Å². The number of rotatable bonds is 1. The fourth-order valence-electron chi connectivity index (χ4n) is 4.91. The van der Waals surface area contributed by atoms with E-state index in [0.29, 0.717) is 33.7 Å². The Labute approximate surface area is 174 Å². The maximum atomic E-state index is 15.1. The minimum Gasteiger partial charge on any atom is -0.354 e. The van der Waals surface area contributed by atoms with Crippen LogP contribution in [0.4, 0.5) is 10.1 Å². The monoisotopic (exact) mass is 463 g/mol. The summed E-state index contributed by atoms with van der Waals surface area (Å²) >= 11 is 9.29. The number of fused-ring (bicyclic) bond motifs is 2. The minimum absolute atomic E-state index is 0.159. The lowest BCUT2D eigenvalue weighted by molar-refractivity contribution is -0.125. The molecule has 2 aromatic carbocycles. The first-order valence-electron chi connectivity index (χ1n) is 9.00. The Morgan fingerprint density at radius 3 is 2.86 bits per heavy atom. The highest BCUT2D eigenvalue weighted by atomic mass is 79.9. The number of amides is 2. The number of hydrogen-bond donors (Lipinski definition) is 3. The predicted octanol–water partition coefficient (Wildman–Crippen LogP) is 2.98. The topological polar surface area (TPSA) is 70.2 Å². The molecule has 1 spiro atoms. The standard InChI is InChI=1S/C20H16BrClFN3O2/c21-12-3-1-2-11(17(12)23)16-15-14(8-24-18(15)27)26-20(16)7-9-4-5-10(22)6-13(9)25-19(20)28/h1-6,14-16,26H,7-8H2,(H,24,27)(H,25,28)/t14-,15+,16-,20+/m0/s1. The van der Waals surface area contributed by atoms with Crippen LogP contribution in [-0.4, -0.2) is 29.9 Å². The Hall–Kier alpha value is -1.96. The molecule has 5 rings (SSSR count). The zero-order valence-corrected chi connectivity index (χ0v) is 16.9. The van der Waals surface area contributed by atoms with Crippen molar-refractivity contribution in [2.75, 3.05) is 11.9 Å². The van der Waals surface area contributed by atoms with Crippen LogP contribution in [0, 0.1) is 11.7 Å². The molecule has 28 heavy (non-hydrogen) atoms. The van der Waals surface area contributed by atoms with Crippen LogP contribution in [0.25, 0.3) is 0 Å². The van der Waals surface area contributed by atoms with Gasteiger partial charge < -0.3 is 10.6 Å². The quantitative estimate of drug-likeness (QED) is 0.608. The molecular formula is C20H16BrClFN3O2. The third kappa shape index (κ3) is 2.46. The lowest BCUT2D eigenvalue weighted by atomic mass is 9.70. The van der Waals surface area contributed by atoms with Gasteiger partial charge in [-0.15, -0.1) is 0 Å². The van der Waals surface area contributed by atoms with Crippen molar-refractivity contribution < 1.29 is 14.0 Å². The lowest BCUT2D eigenvalue weighted by Crippen LogP contribution is -2.60. The molecule has 2 aromatic rings. The Balaban J connectivity index is 1.69. The van der Waals surface area contributed by atoms with Gasteiger partial charge in [-0.2, -0.15) is 0 Å². The van der Waals surface area contributed by atoms with Gasteiger partial charge >= 0.3 is 0 Å². The maximum Gasteiger partial charge on any atom is 0.245 e. The third-order valence-corrected chi connectivity index (χ3v) is 6.92. The summed E-state index contributed by atoms with van der Waals surface area (Å²) in [5.74, 6) is -2.03. The molecule has 0 bridgehead atoms. The van der Waals surface area contributed by atoms with Gasteiger partial charge in [0.25, 0.3) is 0 Å². The van der Waals surface area contributed by atoms with E-state index in [-0.39, 0.29) is 17.9 Å². The van der Waals surface area contributed by atoms with E-state index >= 15 is 4.39 Å². The molecule has 0 unspecified atom stereocenters. The summed E-state index contributed by atoms with van der Waals surface area (Å²) in [4.78, 5) is 26.0. The van der Waals surface area contributed by atoms with Crippen LogP contribution in [0.5, 0.6) is 0 Å². The zero-order valence-electron chi connectivity index (χ0n) is 14.6. The molecule has 2 fully saturated rings. The van der Waals surface area contributed by atoms with Crippen molar-refractivity contribution >= 4 is 45.0 Å². The Bertz CT molecular complexity index is 1030. The predicted molar refractivity (Wildman–Crippen MR) is 107 cm³/mol. The van der Waals surface area contributed by atoms with Crippen molar-refractivity contribution in [1.82, 2.24) is 10.6 Å². The van der Waals surface area contributed by atoms with Crippen molar-refractivity contribution in [2.24, 2.45) is 5.92 Å². The van der Waals surface area contributed by atoms with E-state index in [1.165, 1.54) is 0 Å². The number of anilines is 1. The summed E-state index contributed by atoms with van der Waals surface area (Å²) < 4.78 is 15.4. The Morgan fingerprint density at radius 2 is 2.04 bits per heavy atom. The summed E-state index contributed by atoms with van der Waals surface area (Å²) in [6.45, 7) is 0.415. The molecule has 3 N–H and O–H groups in total. The van der Waals surface area contributed by atoms with E-state index in [9.17, 15) is 9.59 Å². The number of benzene rings is 2. The van der Waals surface area contributed by atoms with Crippen molar-refractivity contribution in [3.63, 3.8) is 0 Å². The number of nitrogens with one attached hydrogen (secondary N) is 3. The van der Waals surface area contributed by atoms with Crippen molar-refractivity contribution in [3.05, 3.63) is 62.8 Å². The van der Waals surface area contributed by atoms with E-state index in [1.54, 1.807) is 30.3 Å². The van der Waals surface area contributed by atoms with Gasteiger partial charge in [0.1, 0.15) is 11.4 Å². The molecule has 3 aliphatic heterocycles. The molecule has 0 radical (unpaired) electrons. The molecule has 2 saturated heterocycles. The van der Waals surface area contributed by atoms with E-state index < -0.39 is 23.2 Å².